The molecule has 2 aliphatic rings. The first-order chi connectivity index (χ1) is 9.11. The van der Waals surface area contributed by atoms with E-state index in [9.17, 15) is 9.90 Å². The zero-order valence-corrected chi connectivity index (χ0v) is 12.2. The van der Waals surface area contributed by atoms with E-state index in [1.165, 1.54) is 17.8 Å². The summed E-state index contributed by atoms with van der Waals surface area (Å²) in [4.78, 5) is 15.0. The molecule has 1 aromatic rings. The topological polar surface area (TPSA) is 40.5 Å². The van der Waals surface area contributed by atoms with Crippen molar-refractivity contribution in [1.29, 1.82) is 0 Å². The summed E-state index contributed by atoms with van der Waals surface area (Å²) in [6.45, 7) is 3.46. The van der Waals surface area contributed by atoms with Crippen LogP contribution in [-0.4, -0.2) is 34.6 Å². The molecule has 1 aromatic heterocycles. The van der Waals surface area contributed by atoms with Crippen molar-refractivity contribution in [2.24, 2.45) is 11.8 Å². The van der Waals surface area contributed by atoms with Crippen LogP contribution in [-0.2, 0) is 0 Å². The van der Waals surface area contributed by atoms with E-state index in [0.717, 1.165) is 24.1 Å². The highest BCUT2D eigenvalue weighted by atomic mass is 32.1. The minimum absolute atomic E-state index is 0.123. The average molecular weight is 279 g/mol. The number of hydrogen-bond acceptors (Lipinski definition) is 3. The Bertz CT molecular complexity index is 455. The number of likely N-dealkylation sites (tertiary alicyclic amines) is 1. The van der Waals surface area contributed by atoms with Crippen molar-refractivity contribution in [1.82, 2.24) is 4.90 Å². The monoisotopic (exact) mass is 279 g/mol. The molecular weight excluding hydrogens is 258 g/mol. The molecule has 1 N–H and O–H groups in total. The fraction of sp³-hybridized carbons (Fsp3) is 0.667. The van der Waals surface area contributed by atoms with E-state index in [0.29, 0.717) is 19.0 Å². The van der Waals surface area contributed by atoms with E-state index in [1.807, 2.05) is 22.4 Å². The Labute approximate surface area is 118 Å². The average Bonchev–Trinajstić information content (AvgIpc) is 2.83. The molecule has 4 heteroatoms. The highest BCUT2D eigenvalue weighted by molar-refractivity contribution is 7.12. The SMILES string of the molecule is C[C@@H]1CN(C(=O)c2cccs2)CC[C@@]1(O)C1CCC1. The predicted octanol–water partition coefficient (Wildman–Crippen LogP) is 2.76. The molecular formula is C15H21NO2S. The van der Waals surface area contributed by atoms with Crippen LogP contribution in [0.2, 0.25) is 0 Å². The minimum atomic E-state index is -0.537. The van der Waals surface area contributed by atoms with Crippen molar-refractivity contribution in [2.75, 3.05) is 13.1 Å². The van der Waals surface area contributed by atoms with Crippen molar-refractivity contribution < 1.29 is 9.90 Å². The normalized spacial score (nSPS) is 32.1. The Balaban J connectivity index is 1.68. The summed E-state index contributed by atoms with van der Waals surface area (Å²) >= 11 is 1.49. The lowest BCUT2D eigenvalue weighted by atomic mass is 9.65. The number of nitrogens with zero attached hydrogens (tertiary/aromatic N) is 1. The van der Waals surface area contributed by atoms with Crippen LogP contribution in [0.15, 0.2) is 17.5 Å². The van der Waals surface area contributed by atoms with Gasteiger partial charge in [-0.3, -0.25) is 4.79 Å². The first-order valence-electron chi connectivity index (χ1n) is 7.16. The smallest absolute Gasteiger partial charge is 0.263 e. The Morgan fingerprint density at radius 1 is 1.53 bits per heavy atom. The third-order valence-electron chi connectivity index (χ3n) is 4.96. The number of rotatable bonds is 2. The van der Waals surface area contributed by atoms with Crippen LogP contribution < -0.4 is 0 Å². The summed E-state index contributed by atoms with van der Waals surface area (Å²) in [5, 5.41) is 12.8. The zero-order chi connectivity index (χ0) is 13.5. The number of carbonyl (C=O) groups is 1. The van der Waals surface area contributed by atoms with Gasteiger partial charge < -0.3 is 10.0 Å². The Morgan fingerprint density at radius 2 is 2.32 bits per heavy atom. The van der Waals surface area contributed by atoms with Gasteiger partial charge in [0.2, 0.25) is 0 Å². The molecule has 1 saturated carbocycles. The van der Waals surface area contributed by atoms with Crippen LogP contribution in [0.25, 0.3) is 0 Å². The maximum atomic E-state index is 12.3. The van der Waals surface area contributed by atoms with Gasteiger partial charge in [-0.15, -0.1) is 11.3 Å². The van der Waals surface area contributed by atoms with E-state index in [2.05, 4.69) is 6.92 Å². The second kappa shape index (κ2) is 4.91. The molecule has 0 unspecified atom stereocenters. The first kappa shape index (κ1) is 13.1. The molecule has 0 bridgehead atoms. The van der Waals surface area contributed by atoms with Crippen molar-refractivity contribution in [2.45, 2.75) is 38.2 Å². The molecule has 0 aromatic carbocycles. The molecule has 3 nitrogen and oxygen atoms in total. The van der Waals surface area contributed by atoms with Gasteiger partial charge in [0.1, 0.15) is 0 Å². The van der Waals surface area contributed by atoms with Gasteiger partial charge in [0, 0.05) is 19.0 Å². The van der Waals surface area contributed by atoms with Crippen molar-refractivity contribution in [3.8, 4) is 0 Å². The van der Waals surface area contributed by atoms with Gasteiger partial charge in [-0.05, 0) is 36.6 Å². The fourth-order valence-corrected chi connectivity index (χ4v) is 4.09. The lowest BCUT2D eigenvalue weighted by molar-refractivity contribution is -0.122. The quantitative estimate of drug-likeness (QED) is 0.904. The molecule has 19 heavy (non-hydrogen) atoms. The standard InChI is InChI=1S/C15H21NO2S/c1-11-10-16(14(17)13-6-3-9-19-13)8-7-15(11,18)12-4-2-5-12/h3,6,9,11-12,18H,2,4-5,7-8,10H2,1H3/t11-,15+/m1/s1. The van der Waals surface area contributed by atoms with Gasteiger partial charge in [0.05, 0.1) is 10.5 Å². The summed E-state index contributed by atoms with van der Waals surface area (Å²) in [6.07, 6.45) is 4.28. The molecule has 2 heterocycles. The van der Waals surface area contributed by atoms with Gasteiger partial charge in [-0.1, -0.05) is 19.4 Å². The van der Waals surface area contributed by atoms with E-state index in [4.69, 9.17) is 0 Å². The number of thiophene rings is 1. The summed E-state index contributed by atoms with van der Waals surface area (Å²) in [5.41, 5.74) is -0.537. The maximum Gasteiger partial charge on any atom is 0.263 e. The number of amides is 1. The molecule has 2 atom stereocenters. The predicted molar refractivity (Wildman–Crippen MR) is 76.3 cm³/mol. The Kier molecular flexibility index (Phi) is 3.39. The van der Waals surface area contributed by atoms with Crippen LogP contribution in [0.4, 0.5) is 0 Å². The molecule has 104 valence electrons. The lowest BCUT2D eigenvalue weighted by Gasteiger charge is -2.50. The van der Waals surface area contributed by atoms with E-state index in [1.54, 1.807) is 0 Å². The van der Waals surface area contributed by atoms with Crippen LogP contribution in [0.1, 0.15) is 42.3 Å². The second-order valence-electron chi connectivity index (χ2n) is 6.00. The molecule has 0 radical (unpaired) electrons. The van der Waals surface area contributed by atoms with Crippen molar-refractivity contribution >= 4 is 17.2 Å². The Hall–Kier alpha value is -0.870. The number of piperidine rings is 1. The molecule has 1 amide bonds. The van der Waals surface area contributed by atoms with Gasteiger partial charge in [-0.25, -0.2) is 0 Å². The summed E-state index contributed by atoms with van der Waals surface area (Å²) in [6, 6.07) is 3.79. The fourth-order valence-electron chi connectivity index (χ4n) is 3.40. The highest BCUT2D eigenvalue weighted by Gasteiger charge is 2.47. The maximum absolute atomic E-state index is 12.3. The molecule has 2 fully saturated rings. The van der Waals surface area contributed by atoms with Crippen molar-refractivity contribution in [3.05, 3.63) is 22.4 Å². The largest absolute Gasteiger partial charge is 0.389 e. The van der Waals surface area contributed by atoms with Crippen molar-refractivity contribution in [3.63, 3.8) is 0 Å². The highest BCUT2D eigenvalue weighted by Crippen LogP contribution is 2.44. The lowest BCUT2D eigenvalue weighted by Crippen LogP contribution is -2.57. The molecule has 1 aliphatic carbocycles. The van der Waals surface area contributed by atoms with E-state index >= 15 is 0 Å². The number of carbonyl (C=O) groups excluding carboxylic acids is 1. The number of aliphatic hydroxyl groups is 1. The first-order valence-corrected chi connectivity index (χ1v) is 8.04. The molecule has 1 aliphatic heterocycles. The van der Waals surface area contributed by atoms with Gasteiger partial charge in [-0.2, -0.15) is 0 Å². The molecule has 0 spiro atoms. The van der Waals surface area contributed by atoms with E-state index in [-0.39, 0.29) is 11.8 Å². The molecule has 1 saturated heterocycles. The molecule has 3 rings (SSSR count). The third kappa shape index (κ3) is 2.21. The zero-order valence-electron chi connectivity index (χ0n) is 11.3. The van der Waals surface area contributed by atoms with Gasteiger partial charge in [0.15, 0.2) is 0 Å². The van der Waals surface area contributed by atoms with Gasteiger partial charge in [0.25, 0.3) is 5.91 Å². The second-order valence-corrected chi connectivity index (χ2v) is 6.95. The van der Waals surface area contributed by atoms with Crippen LogP contribution in [0.5, 0.6) is 0 Å². The van der Waals surface area contributed by atoms with Crippen LogP contribution in [0.3, 0.4) is 0 Å². The summed E-state index contributed by atoms with van der Waals surface area (Å²) in [5.74, 6) is 0.759. The van der Waals surface area contributed by atoms with Gasteiger partial charge >= 0.3 is 0 Å². The summed E-state index contributed by atoms with van der Waals surface area (Å²) < 4.78 is 0. The summed E-state index contributed by atoms with van der Waals surface area (Å²) in [7, 11) is 0. The van der Waals surface area contributed by atoms with Crippen LogP contribution >= 0.6 is 11.3 Å². The third-order valence-corrected chi connectivity index (χ3v) is 5.82. The number of hydrogen-bond donors (Lipinski definition) is 1. The minimum Gasteiger partial charge on any atom is -0.389 e. The Morgan fingerprint density at radius 3 is 2.84 bits per heavy atom. The van der Waals surface area contributed by atoms with Crippen LogP contribution in [0, 0.1) is 11.8 Å². The van der Waals surface area contributed by atoms with E-state index < -0.39 is 5.60 Å².